The first-order valence-corrected chi connectivity index (χ1v) is 6.33. The molecule has 108 valence electrons. The molecule has 1 N–H and O–H groups in total. The Kier molecular flexibility index (Phi) is 3.74. The van der Waals surface area contributed by atoms with Crippen molar-refractivity contribution in [1.29, 1.82) is 0 Å². The van der Waals surface area contributed by atoms with Crippen molar-refractivity contribution in [3.8, 4) is 0 Å². The maximum atomic E-state index is 13.8. The second-order valence-corrected chi connectivity index (χ2v) is 5.15. The molecule has 0 aromatic heterocycles. The van der Waals surface area contributed by atoms with Crippen molar-refractivity contribution in [3.05, 3.63) is 29.8 Å². The Morgan fingerprint density at radius 3 is 2.55 bits per heavy atom. The van der Waals surface area contributed by atoms with Crippen molar-refractivity contribution >= 4 is 17.6 Å². The van der Waals surface area contributed by atoms with Crippen LogP contribution in [0.3, 0.4) is 0 Å². The first kappa shape index (κ1) is 14.4. The zero-order chi connectivity index (χ0) is 15.0. The highest BCUT2D eigenvalue weighted by molar-refractivity contribution is 5.96. The molecule has 4 nitrogen and oxygen atoms in total. The Bertz CT molecular complexity index is 561. The highest BCUT2D eigenvalue weighted by atomic mass is 19.1. The van der Waals surface area contributed by atoms with Gasteiger partial charge < -0.3 is 10.0 Å². The van der Waals surface area contributed by atoms with Gasteiger partial charge in [0.1, 0.15) is 11.6 Å². The molecule has 1 heterocycles. The minimum absolute atomic E-state index is 0.0259. The van der Waals surface area contributed by atoms with Crippen LogP contribution in [-0.2, 0) is 9.59 Å². The number of piperidine rings is 1. The standard InChI is InChI=1S/C14H15F2NO3/c1-7-5-12(18)17(8(2)13(7)14(19)20)11-4-3-9(15)6-10(11)16/h3-4,6-8,13H,5H2,1-2H3,(H,19,20). The molecule has 0 bridgehead atoms. The van der Waals surface area contributed by atoms with Crippen molar-refractivity contribution < 1.29 is 23.5 Å². The van der Waals surface area contributed by atoms with E-state index in [2.05, 4.69) is 0 Å². The summed E-state index contributed by atoms with van der Waals surface area (Å²) in [7, 11) is 0. The van der Waals surface area contributed by atoms with E-state index in [1.54, 1.807) is 13.8 Å². The Hall–Kier alpha value is -1.98. The minimum Gasteiger partial charge on any atom is -0.481 e. The number of hydrogen-bond donors (Lipinski definition) is 1. The van der Waals surface area contributed by atoms with Gasteiger partial charge in [-0.1, -0.05) is 6.92 Å². The van der Waals surface area contributed by atoms with Crippen LogP contribution in [0.5, 0.6) is 0 Å². The molecule has 3 atom stereocenters. The molecule has 6 heteroatoms. The van der Waals surface area contributed by atoms with Crippen LogP contribution in [0, 0.1) is 23.5 Å². The van der Waals surface area contributed by atoms with Crippen molar-refractivity contribution in [3.63, 3.8) is 0 Å². The number of carboxylic acids is 1. The van der Waals surface area contributed by atoms with Crippen molar-refractivity contribution in [2.45, 2.75) is 26.3 Å². The summed E-state index contributed by atoms with van der Waals surface area (Å²) in [5, 5.41) is 9.25. The lowest BCUT2D eigenvalue weighted by atomic mass is 9.80. The molecule has 3 unspecified atom stereocenters. The van der Waals surface area contributed by atoms with Crippen LogP contribution in [-0.4, -0.2) is 23.0 Å². The SMILES string of the molecule is CC1CC(=O)N(c2ccc(F)cc2F)C(C)C1C(=O)O. The highest BCUT2D eigenvalue weighted by Gasteiger charge is 2.43. The molecule has 1 aromatic carbocycles. The van der Waals surface area contributed by atoms with E-state index in [1.807, 2.05) is 0 Å². The third-order valence-corrected chi connectivity index (χ3v) is 3.76. The second-order valence-electron chi connectivity index (χ2n) is 5.15. The zero-order valence-electron chi connectivity index (χ0n) is 11.1. The van der Waals surface area contributed by atoms with E-state index >= 15 is 0 Å². The van der Waals surface area contributed by atoms with Gasteiger partial charge in [-0.2, -0.15) is 0 Å². The molecule has 1 aliphatic rings. The quantitative estimate of drug-likeness (QED) is 0.907. The number of hydrogen-bond acceptors (Lipinski definition) is 2. The van der Waals surface area contributed by atoms with Crippen molar-refractivity contribution in [2.75, 3.05) is 4.90 Å². The fourth-order valence-electron chi connectivity index (χ4n) is 2.84. The summed E-state index contributed by atoms with van der Waals surface area (Å²) >= 11 is 0. The van der Waals surface area contributed by atoms with Crippen LogP contribution >= 0.6 is 0 Å². The summed E-state index contributed by atoms with van der Waals surface area (Å²) in [4.78, 5) is 24.5. The highest BCUT2D eigenvalue weighted by Crippen LogP contribution is 2.34. The largest absolute Gasteiger partial charge is 0.481 e. The predicted molar refractivity (Wildman–Crippen MR) is 68.2 cm³/mol. The number of carbonyl (C=O) groups excluding carboxylic acids is 1. The summed E-state index contributed by atoms with van der Waals surface area (Å²) in [6, 6.07) is 2.20. The Balaban J connectivity index is 2.43. The molecule has 0 saturated carbocycles. The number of benzene rings is 1. The fraction of sp³-hybridized carbons (Fsp3) is 0.429. The topological polar surface area (TPSA) is 57.6 Å². The molecule has 1 amide bonds. The molecule has 0 radical (unpaired) electrons. The van der Waals surface area contributed by atoms with Crippen LogP contribution in [0.15, 0.2) is 18.2 Å². The molecule has 1 aliphatic heterocycles. The number of nitrogens with zero attached hydrogens (tertiary/aromatic N) is 1. The third-order valence-electron chi connectivity index (χ3n) is 3.76. The van der Waals surface area contributed by atoms with Gasteiger partial charge in [-0.05, 0) is 25.0 Å². The molecule has 0 spiro atoms. The van der Waals surface area contributed by atoms with Gasteiger partial charge in [0.05, 0.1) is 11.6 Å². The van der Waals surface area contributed by atoms with Crippen LogP contribution in [0.4, 0.5) is 14.5 Å². The number of amides is 1. The van der Waals surface area contributed by atoms with E-state index in [0.717, 1.165) is 17.0 Å². The average molecular weight is 283 g/mol. The third kappa shape index (κ3) is 2.37. The number of halogens is 2. The fourth-order valence-corrected chi connectivity index (χ4v) is 2.84. The number of aliphatic carboxylic acids is 1. The van der Waals surface area contributed by atoms with Gasteiger partial charge in [-0.3, -0.25) is 9.59 Å². The second kappa shape index (κ2) is 5.19. The van der Waals surface area contributed by atoms with E-state index < -0.39 is 29.6 Å². The van der Waals surface area contributed by atoms with Gasteiger partial charge in [-0.25, -0.2) is 8.78 Å². The maximum absolute atomic E-state index is 13.8. The Morgan fingerprint density at radius 2 is 2.00 bits per heavy atom. The predicted octanol–water partition coefficient (Wildman–Crippen LogP) is 2.43. The smallest absolute Gasteiger partial charge is 0.308 e. The van der Waals surface area contributed by atoms with Crippen LogP contribution < -0.4 is 4.90 Å². The Morgan fingerprint density at radius 1 is 1.35 bits per heavy atom. The maximum Gasteiger partial charge on any atom is 0.308 e. The minimum atomic E-state index is -1.02. The van der Waals surface area contributed by atoms with Crippen molar-refractivity contribution in [2.24, 2.45) is 11.8 Å². The van der Waals surface area contributed by atoms with E-state index in [0.29, 0.717) is 6.07 Å². The lowest BCUT2D eigenvalue weighted by molar-refractivity contribution is -0.146. The molecule has 1 aromatic rings. The van der Waals surface area contributed by atoms with Crippen LogP contribution in [0.1, 0.15) is 20.3 Å². The van der Waals surface area contributed by atoms with E-state index in [9.17, 15) is 23.5 Å². The molecule has 2 rings (SSSR count). The van der Waals surface area contributed by atoms with Crippen molar-refractivity contribution in [1.82, 2.24) is 0 Å². The number of carboxylic acid groups (broad SMARTS) is 1. The summed E-state index contributed by atoms with van der Waals surface area (Å²) in [5.41, 5.74) is -0.0814. The monoisotopic (exact) mass is 283 g/mol. The average Bonchev–Trinajstić information content (AvgIpc) is 2.30. The van der Waals surface area contributed by atoms with E-state index in [-0.39, 0.29) is 23.9 Å². The molecule has 20 heavy (non-hydrogen) atoms. The van der Waals surface area contributed by atoms with E-state index in [1.165, 1.54) is 0 Å². The molecule has 1 fully saturated rings. The summed E-state index contributed by atoms with van der Waals surface area (Å²) < 4.78 is 26.8. The van der Waals surface area contributed by atoms with Gasteiger partial charge in [0.15, 0.2) is 0 Å². The molecular formula is C14H15F2NO3. The van der Waals surface area contributed by atoms with Gasteiger partial charge in [-0.15, -0.1) is 0 Å². The van der Waals surface area contributed by atoms with Gasteiger partial charge in [0.2, 0.25) is 5.91 Å². The first-order valence-electron chi connectivity index (χ1n) is 6.33. The lowest BCUT2D eigenvalue weighted by Gasteiger charge is -2.40. The van der Waals surface area contributed by atoms with Gasteiger partial charge in [0, 0.05) is 18.5 Å². The summed E-state index contributed by atoms with van der Waals surface area (Å²) in [6.07, 6.45) is 0.0259. The van der Waals surface area contributed by atoms with E-state index in [4.69, 9.17) is 0 Å². The lowest BCUT2D eigenvalue weighted by Crippen LogP contribution is -2.53. The normalized spacial score (nSPS) is 26.7. The van der Waals surface area contributed by atoms with Crippen LogP contribution in [0.25, 0.3) is 0 Å². The number of anilines is 1. The van der Waals surface area contributed by atoms with Gasteiger partial charge >= 0.3 is 5.97 Å². The van der Waals surface area contributed by atoms with Crippen LogP contribution in [0.2, 0.25) is 0 Å². The number of rotatable bonds is 2. The number of carbonyl (C=O) groups is 2. The molecule has 1 saturated heterocycles. The zero-order valence-corrected chi connectivity index (χ0v) is 11.1. The van der Waals surface area contributed by atoms with Gasteiger partial charge in [0.25, 0.3) is 0 Å². The summed E-state index contributed by atoms with van der Waals surface area (Å²) in [6.45, 7) is 3.25. The molecular weight excluding hydrogens is 268 g/mol. The Labute approximate surface area is 115 Å². The molecule has 0 aliphatic carbocycles. The summed E-state index contributed by atoms with van der Waals surface area (Å²) in [5.74, 6) is -4.10. The first-order chi connectivity index (χ1) is 9.32.